The van der Waals surface area contributed by atoms with E-state index in [1.165, 1.54) is 25.9 Å². The van der Waals surface area contributed by atoms with Gasteiger partial charge in [0.1, 0.15) is 10.7 Å². The van der Waals surface area contributed by atoms with E-state index in [0.717, 1.165) is 12.4 Å². The highest BCUT2D eigenvalue weighted by molar-refractivity contribution is 7.80. The topological polar surface area (TPSA) is 58.3 Å². The van der Waals surface area contributed by atoms with Crippen molar-refractivity contribution in [2.24, 2.45) is 11.7 Å². The van der Waals surface area contributed by atoms with Crippen LogP contribution in [-0.2, 0) is 0 Å². The Kier molecular flexibility index (Phi) is 4.66. The number of piperidine rings is 1. The van der Waals surface area contributed by atoms with Crippen LogP contribution in [0.5, 0.6) is 0 Å². The van der Waals surface area contributed by atoms with Crippen LogP contribution in [0.15, 0.2) is 12.4 Å². The lowest BCUT2D eigenvalue weighted by molar-refractivity contribution is 0.222. The van der Waals surface area contributed by atoms with Crippen molar-refractivity contribution in [2.45, 2.75) is 12.8 Å². The van der Waals surface area contributed by atoms with E-state index in [1.54, 1.807) is 12.4 Å². The molecule has 2 rings (SSSR count). The van der Waals surface area contributed by atoms with E-state index >= 15 is 0 Å². The smallest absolute Gasteiger partial charge is 0.157 e. The minimum atomic E-state index is 0.304. The number of aromatic nitrogens is 2. The first-order valence-electron chi connectivity index (χ1n) is 6.58. The summed E-state index contributed by atoms with van der Waals surface area (Å²) >= 11 is 5.03. The van der Waals surface area contributed by atoms with Gasteiger partial charge >= 0.3 is 0 Å². The average Bonchev–Trinajstić information content (AvgIpc) is 2.41. The number of thiocarbonyl (C=S) groups is 1. The van der Waals surface area contributed by atoms with Crippen molar-refractivity contribution in [1.82, 2.24) is 14.9 Å². The van der Waals surface area contributed by atoms with Gasteiger partial charge in [-0.2, -0.15) is 0 Å². The first-order valence-corrected chi connectivity index (χ1v) is 6.99. The number of anilines is 1. The van der Waals surface area contributed by atoms with Gasteiger partial charge in [-0.1, -0.05) is 12.2 Å². The zero-order chi connectivity index (χ0) is 13.8. The van der Waals surface area contributed by atoms with Crippen LogP contribution in [0, 0.1) is 5.92 Å². The van der Waals surface area contributed by atoms with E-state index in [4.69, 9.17) is 18.0 Å². The zero-order valence-corrected chi connectivity index (χ0v) is 12.4. The van der Waals surface area contributed by atoms with Gasteiger partial charge in [0.2, 0.25) is 0 Å². The molecule has 1 aromatic rings. The molecule has 1 aliphatic heterocycles. The van der Waals surface area contributed by atoms with Crippen LogP contribution in [0.4, 0.5) is 5.82 Å². The summed E-state index contributed by atoms with van der Waals surface area (Å²) in [5, 5.41) is 0. The second kappa shape index (κ2) is 6.25. The van der Waals surface area contributed by atoms with Crippen LogP contribution in [0.1, 0.15) is 18.5 Å². The molecule has 2 heterocycles. The van der Waals surface area contributed by atoms with E-state index in [0.29, 0.717) is 16.6 Å². The van der Waals surface area contributed by atoms with Gasteiger partial charge in [-0.25, -0.2) is 9.97 Å². The van der Waals surface area contributed by atoms with E-state index in [9.17, 15) is 0 Å². The first kappa shape index (κ1) is 14.1. The monoisotopic (exact) mass is 279 g/mol. The van der Waals surface area contributed by atoms with Crippen LogP contribution in [0.25, 0.3) is 0 Å². The quantitative estimate of drug-likeness (QED) is 0.826. The summed E-state index contributed by atoms with van der Waals surface area (Å²) in [6, 6.07) is 0. The summed E-state index contributed by atoms with van der Waals surface area (Å²) < 4.78 is 0. The fraction of sp³-hybridized carbons (Fsp3) is 0.615. The summed E-state index contributed by atoms with van der Waals surface area (Å²) in [4.78, 5) is 13.4. The molecule has 19 heavy (non-hydrogen) atoms. The van der Waals surface area contributed by atoms with Crippen LogP contribution < -0.4 is 10.6 Å². The molecule has 1 saturated heterocycles. The predicted molar refractivity (Wildman–Crippen MR) is 81.4 cm³/mol. The second-order valence-electron chi connectivity index (χ2n) is 5.22. The number of rotatable bonds is 4. The van der Waals surface area contributed by atoms with Gasteiger partial charge in [-0.3, -0.25) is 0 Å². The normalized spacial score (nSPS) is 17.4. The van der Waals surface area contributed by atoms with Crippen molar-refractivity contribution in [1.29, 1.82) is 0 Å². The molecule has 1 aliphatic rings. The molecule has 0 atom stereocenters. The lowest BCUT2D eigenvalue weighted by atomic mass is 9.96. The number of likely N-dealkylation sites (tertiary alicyclic amines) is 1. The van der Waals surface area contributed by atoms with Crippen molar-refractivity contribution in [3.8, 4) is 0 Å². The van der Waals surface area contributed by atoms with Crippen LogP contribution in [0.3, 0.4) is 0 Å². The summed E-state index contributed by atoms with van der Waals surface area (Å²) in [5.41, 5.74) is 6.32. The molecule has 0 radical (unpaired) electrons. The van der Waals surface area contributed by atoms with Crippen LogP contribution in [0.2, 0.25) is 0 Å². The van der Waals surface area contributed by atoms with Gasteiger partial charge in [0.15, 0.2) is 5.82 Å². The Labute approximate surface area is 119 Å². The Morgan fingerprint density at radius 3 is 2.68 bits per heavy atom. The molecular formula is C13H21N5S. The van der Waals surface area contributed by atoms with Crippen LogP contribution in [-0.4, -0.2) is 53.6 Å². The third-order valence-corrected chi connectivity index (χ3v) is 3.84. The minimum absolute atomic E-state index is 0.304. The Bertz CT molecular complexity index is 442. The summed E-state index contributed by atoms with van der Waals surface area (Å²) in [5.74, 6) is 1.48. The molecule has 6 heteroatoms. The Hall–Kier alpha value is -1.27. The summed E-state index contributed by atoms with van der Waals surface area (Å²) in [6.07, 6.45) is 5.76. The van der Waals surface area contributed by atoms with Crippen molar-refractivity contribution in [3.63, 3.8) is 0 Å². The Morgan fingerprint density at radius 1 is 1.42 bits per heavy atom. The molecule has 0 saturated carbocycles. The molecule has 0 bridgehead atoms. The van der Waals surface area contributed by atoms with Crippen LogP contribution >= 0.6 is 12.2 Å². The molecule has 1 fully saturated rings. The fourth-order valence-electron chi connectivity index (χ4n) is 2.50. The largest absolute Gasteiger partial charge is 0.388 e. The van der Waals surface area contributed by atoms with Crippen molar-refractivity contribution in [2.75, 3.05) is 38.6 Å². The summed E-state index contributed by atoms with van der Waals surface area (Å²) in [6.45, 7) is 3.31. The van der Waals surface area contributed by atoms with Gasteiger partial charge < -0.3 is 15.5 Å². The lowest BCUT2D eigenvalue weighted by Crippen LogP contribution is -2.36. The third-order valence-electron chi connectivity index (χ3n) is 3.64. The van der Waals surface area contributed by atoms with E-state index < -0.39 is 0 Å². The van der Waals surface area contributed by atoms with Gasteiger partial charge in [-0.15, -0.1) is 0 Å². The number of hydrogen-bond donors (Lipinski definition) is 1. The second-order valence-corrected chi connectivity index (χ2v) is 5.66. The van der Waals surface area contributed by atoms with Gasteiger partial charge in [0, 0.05) is 26.0 Å². The molecule has 0 amide bonds. The molecule has 1 aromatic heterocycles. The molecule has 104 valence electrons. The van der Waals surface area contributed by atoms with E-state index in [-0.39, 0.29) is 0 Å². The highest BCUT2D eigenvalue weighted by atomic mass is 32.1. The molecule has 5 nitrogen and oxygen atoms in total. The maximum absolute atomic E-state index is 5.70. The summed E-state index contributed by atoms with van der Waals surface area (Å²) in [7, 11) is 4.21. The molecule has 0 unspecified atom stereocenters. The SMILES string of the molecule is CN1CCC(CN(C)c2nccnc2C(N)=S)CC1. The predicted octanol–water partition coefficient (Wildman–Crippen LogP) is 0.889. The van der Waals surface area contributed by atoms with Gasteiger partial charge in [0.05, 0.1) is 0 Å². The number of nitrogens with zero attached hydrogens (tertiary/aromatic N) is 4. The highest BCUT2D eigenvalue weighted by Crippen LogP contribution is 2.20. The molecule has 0 aliphatic carbocycles. The number of hydrogen-bond acceptors (Lipinski definition) is 5. The van der Waals surface area contributed by atoms with E-state index in [1.807, 2.05) is 7.05 Å². The number of nitrogens with two attached hydrogens (primary N) is 1. The Balaban J connectivity index is 2.03. The standard InChI is InChI=1S/C13H21N5S/c1-17-7-3-10(4-8-17)9-18(2)13-11(12(14)19)15-5-6-16-13/h5-6,10H,3-4,7-9H2,1-2H3,(H2,14,19). The average molecular weight is 279 g/mol. The zero-order valence-electron chi connectivity index (χ0n) is 11.5. The first-order chi connectivity index (χ1) is 9.08. The molecular weight excluding hydrogens is 258 g/mol. The third kappa shape index (κ3) is 3.61. The minimum Gasteiger partial charge on any atom is -0.388 e. The maximum Gasteiger partial charge on any atom is 0.157 e. The van der Waals surface area contributed by atoms with Crippen molar-refractivity contribution < 1.29 is 0 Å². The van der Waals surface area contributed by atoms with Crippen molar-refractivity contribution >= 4 is 23.0 Å². The molecule has 0 spiro atoms. The lowest BCUT2D eigenvalue weighted by Gasteiger charge is -2.32. The van der Waals surface area contributed by atoms with Gasteiger partial charge in [-0.05, 0) is 38.9 Å². The maximum atomic E-state index is 5.70. The molecule has 2 N–H and O–H groups in total. The highest BCUT2D eigenvalue weighted by Gasteiger charge is 2.20. The van der Waals surface area contributed by atoms with Crippen molar-refractivity contribution in [3.05, 3.63) is 18.1 Å². The van der Waals surface area contributed by atoms with Gasteiger partial charge in [0.25, 0.3) is 0 Å². The van der Waals surface area contributed by atoms with E-state index in [2.05, 4.69) is 26.8 Å². The fourth-order valence-corrected chi connectivity index (χ4v) is 2.65. The Morgan fingerprint density at radius 2 is 2.05 bits per heavy atom. The molecule has 0 aromatic carbocycles.